The maximum Gasteiger partial charge on any atom is 0.254 e. The number of phenolic OH excluding ortho intramolecular Hbond substituents is 2. The number of carbonyl (C=O) groups is 1. The molecule has 1 aromatic rings. The molecule has 0 saturated heterocycles. The highest BCUT2D eigenvalue weighted by molar-refractivity contribution is 5.95. The third-order valence-electron chi connectivity index (χ3n) is 3.76. The van der Waals surface area contributed by atoms with Gasteiger partial charge in [0, 0.05) is 30.8 Å². The van der Waals surface area contributed by atoms with Gasteiger partial charge in [-0.25, -0.2) is 0 Å². The van der Waals surface area contributed by atoms with Crippen LogP contribution in [0.15, 0.2) is 18.2 Å². The second-order valence-corrected chi connectivity index (χ2v) is 5.22. The van der Waals surface area contributed by atoms with Crippen LogP contribution >= 0.6 is 0 Å². The second kappa shape index (κ2) is 5.48. The number of amides is 1. The first-order valence-corrected chi connectivity index (χ1v) is 6.53. The lowest BCUT2D eigenvalue weighted by Gasteiger charge is -2.33. The molecule has 0 heterocycles. The van der Waals surface area contributed by atoms with E-state index in [9.17, 15) is 15.0 Å². The fraction of sp³-hybridized carbons (Fsp3) is 0.500. The van der Waals surface area contributed by atoms with Gasteiger partial charge in [0.1, 0.15) is 11.5 Å². The number of rotatable bonds is 2. The highest BCUT2D eigenvalue weighted by atomic mass is 16.3. The van der Waals surface area contributed by atoms with Crippen molar-refractivity contribution in [3.63, 3.8) is 0 Å². The number of hydrogen-bond acceptors (Lipinski definition) is 4. The highest BCUT2D eigenvalue weighted by Crippen LogP contribution is 2.25. The van der Waals surface area contributed by atoms with Gasteiger partial charge in [-0.05, 0) is 37.8 Å². The first-order chi connectivity index (χ1) is 8.97. The molecule has 5 heteroatoms. The molecular weight excluding hydrogens is 244 g/mol. The average Bonchev–Trinajstić information content (AvgIpc) is 2.37. The number of phenols is 2. The molecule has 0 aromatic heterocycles. The Morgan fingerprint density at radius 1 is 1.16 bits per heavy atom. The first-order valence-electron chi connectivity index (χ1n) is 6.53. The quantitative estimate of drug-likeness (QED) is 0.754. The van der Waals surface area contributed by atoms with Crippen LogP contribution in [0.2, 0.25) is 0 Å². The van der Waals surface area contributed by atoms with Gasteiger partial charge in [0.05, 0.1) is 0 Å². The van der Waals surface area contributed by atoms with Gasteiger partial charge in [0.25, 0.3) is 5.91 Å². The summed E-state index contributed by atoms with van der Waals surface area (Å²) in [6, 6.07) is 4.36. The summed E-state index contributed by atoms with van der Waals surface area (Å²) in [7, 11) is 1.75. The molecule has 19 heavy (non-hydrogen) atoms. The Balaban J connectivity index is 2.10. The van der Waals surface area contributed by atoms with Gasteiger partial charge in [-0.2, -0.15) is 0 Å². The zero-order chi connectivity index (χ0) is 14.0. The van der Waals surface area contributed by atoms with Crippen LogP contribution in [-0.4, -0.2) is 40.2 Å². The van der Waals surface area contributed by atoms with Crippen molar-refractivity contribution in [2.45, 2.75) is 37.8 Å². The standard InChI is InChI=1S/C14H20N2O3/c1-16(11-4-2-10(15)3-5-11)14(19)9-6-12(17)8-13(18)7-9/h6-8,10-11,17-18H,2-5,15H2,1H3. The van der Waals surface area contributed by atoms with Crippen LogP contribution < -0.4 is 5.73 Å². The molecule has 1 fully saturated rings. The van der Waals surface area contributed by atoms with Gasteiger partial charge < -0.3 is 20.8 Å². The number of aromatic hydroxyl groups is 2. The molecule has 5 nitrogen and oxygen atoms in total. The van der Waals surface area contributed by atoms with Crippen LogP contribution in [0.5, 0.6) is 11.5 Å². The summed E-state index contributed by atoms with van der Waals surface area (Å²) in [5.41, 5.74) is 6.16. The van der Waals surface area contributed by atoms with Gasteiger partial charge in [-0.1, -0.05) is 0 Å². The van der Waals surface area contributed by atoms with Gasteiger partial charge in [0.2, 0.25) is 0 Å². The number of benzene rings is 1. The van der Waals surface area contributed by atoms with Crippen LogP contribution in [-0.2, 0) is 0 Å². The van der Waals surface area contributed by atoms with Gasteiger partial charge in [-0.3, -0.25) is 4.79 Å². The van der Waals surface area contributed by atoms with E-state index in [1.165, 1.54) is 18.2 Å². The monoisotopic (exact) mass is 264 g/mol. The Bertz CT molecular complexity index is 448. The first kappa shape index (κ1) is 13.7. The summed E-state index contributed by atoms with van der Waals surface area (Å²) in [4.78, 5) is 14.0. The Kier molecular flexibility index (Phi) is 3.95. The van der Waals surface area contributed by atoms with E-state index in [1.54, 1.807) is 11.9 Å². The van der Waals surface area contributed by atoms with Gasteiger partial charge in [-0.15, -0.1) is 0 Å². The minimum atomic E-state index is -0.188. The molecule has 0 aliphatic heterocycles. The van der Waals surface area contributed by atoms with E-state index in [0.29, 0.717) is 5.56 Å². The normalized spacial score (nSPS) is 23.1. The van der Waals surface area contributed by atoms with E-state index < -0.39 is 0 Å². The van der Waals surface area contributed by atoms with Crippen LogP contribution in [0.3, 0.4) is 0 Å². The van der Waals surface area contributed by atoms with Crippen molar-refractivity contribution in [2.24, 2.45) is 5.73 Å². The van der Waals surface area contributed by atoms with Crippen LogP contribution in [0.1, 0.15) is 36.0 Å². The number of nitrogens with zero attached hydrogens (tertiary/aromatic N) is 1. The molecule has 1 aliphatic carbocycles. The third kappa shape index (κ3) is 3.17. The topological polar surface area (TPSA) is 86.8 Å². The van der Waals surface area contributed by atoms with Crippen molar-refractivity contribution in [3.05, 3.63) is 23.8 Å². The van der Waals surface area contributed by atoms with E-state index in [0.717, 1.165) is 25.7 Å². The molecule has 4 N–H and O–H groups in total. The fourth-order valence-electron chi connectivity index (χ4n) is 2.58. The number of hydrogen-bond donors (Lipinski definition) is 3. The average molecular weight is 264 g/mol. The summed E-state index contributed by atoms with van der Waals surface area (Å²) in [5.74, 6) is -0.406. The van der Waals surface area contributed by atoms with Crippen molar-refractivity contribution < 1.29 is 15.0 Å². The lowest BCUT2D eigenvalue weighted by Crippen LogP contribution is -2.41. The maximum absolute atomic E-state index is 12.3. The summed E-state index contributed by atoms with van der Waals surface area (Å²) >= 11 is 0. The highest BCUT2D eigenvalue weighted by Gasteiger charge is 2.26. The summed E-state index contributed by atoms with van der Waals surface area (Å²) in [6.07, 6.45) is 3.64. The SMILES string of the molecule is CN(C(=O)c1cc(O)cc(O)c1)C1CCC(N)CC1. The number of carbonyl (C=O) groups excluding carboxylic acids is 1. The van der Waals surface area contributed by atoms with Crippen molar-refractivity contribution in [2.75, 3.05) is 7.05 Å². The van der Waals surface area contributed by atoms with Crippen LogP contribution in [0, 0.1) is 0 Å². The third-order valence-corrected chi connectivity index (χ3v) is 3.76. The van der Waals surface area contributed by atoms with Crippen molar-refractivity contribution >= 4 is 5.91 Å². The van der Waals surface area contributed by atoms with E-state index in [4.69, 9.17) is 5.73 Å². The molecule has 1 amide bonds. The zero-order valence-electron chi connectivity index (χ0n) is 11.0. The van der Waals surface area contributed by atoms with Crippen LogP contribution in [0.25, 0.3) is 0 Å². The van der Waals surface area contributed by atoms with Crippen molar-refractivity contribution in [1.29, 1.82) is 0 Å². The lowest BCUT2D eigenvalue weighted by atomic mass is 9.90. The summed E-state index contributed by atoms with van der Waals surface area (Å²) in [5, 5.41) is 18.8. The molecule has 0 radical (unpaired) electrons. The fourth-order valence-corrected chi connectivity index (χ4v) is 2.58. The van der Waals surface area contributed by atoms with Gasteiger partial charge in [0.15, 0.2) is 0 Å². The molecule has 104 valence electrons. The minimum Gasteiger partial charge on any atom is -0.508 e. The van der Waals surface area contributed by atoms with Crippen molar-refractivity contribution in [1.82, 2.24) is 4.90 Å². The minimum absolute atomic E-state index is 0.109. The molecule has 0 unspecified atom stereocenters. The van der Waals surface area contributed by atoms with E-state index in [-0.39, 0.29) is 29.5 Å². The molecule has 1 aliphatic rings. The Labute approximate surface area is 112 Å². The summed E-state index contributed by atoms with van der Waals surface area (Å²) in [6.45, 7) is 0. The molecule has 0 bridgehead atoms. The second-order valence-electron chi connectivity index (χ2n) is 5.22. The predicted octanol–water partition coefficient (Wildman–Crippen LogP) is 1.44. The largest absolute Gasteiger partial charge is 0.508 e. The summed E-state index contributed by atoms with van der Waals surface area (Å²) < 4.78 is 0. The Morgan fingerprint density at radius 3 is 2.21 bits per heavy atom. The maximum atomic E-state index is 12.3. The molecule has 1 saturated carbocycles. The molecule has 0 atom stereocenters. The zero-order valence-corrected chi connectivity index (χ0v) is 11.0. The van der Waals surface area contributed by atoms with E-state index in [2.05, 4.69) is 0 Å². The van der Waals surface area contributed by atoms with Crippen LogP contribution in [0.4, 0.5) is 0 Å². The van der Waals surface area contributed by atoms with Crippen molar-refractivity contribution in [3.8, 4) is 11.5 Å². The van der Waals surface area contributed by atoms with E-state index in [1.807, 2.05) is 0 Å². The Hall–Kier alpha value is -1.75. The van der Waals surface area contributed by atoms with E-state index >= 15 is 0 Å². The predicted molar refractivity (Wildman–Crippen MR) is 72.1 cm³/mol. The number of nitrogens with two attached hydrogens (primary N) is 1. The van der Waals surface area contributed by atoms with Gasteiger partial charge >= 0.3 is 0 Å². The smallest absolute Gasteiger partial charge is 0.254 e. The lowest BCUT2D eigenvalue weighted by molar-refractivity contribution is 0.0689. The molecule has 1 aromatic carbocycles. The molecule has 0 spiro atoms. The molecule has 2 rings (SSSR count). The molecular formula is C14H20N2O3. The Morgan fingerprint density at radius 2 is 1.68 bits per heavy atom.